The lowest BCUT2D eigenvalue weighted by molar-refractivity contribution is 0.168. The van der Waals surface area contributed by atoms with E-state index in [1.54, 1.807) is 19.3 Å². The lowest BCUT2D eigenvalue weighted by atomic mass is 10.3. The molecule has 1 N–H and O–H groups in total. The number of rotatable bonds is 2. The van der Waals surface area contributed by atoms with E-state index in [9.17, 15) is 4.79 Å². The summed E-state index contributed by atoms with van der Waals surface area (Å²) in [5.74, 6) is 0. The molecule has 1 aromatic rings. The van der Waals surface area contributed by atoms with E-state index in [1.165, 1.54) is 0 Å². The van der Waals surface area contributed by atoms with Gasteiger partial charge in [0.15, 0.2) is 0 Å². The molecule has 1 aromatic heterocycles. The lowest BCUT2D eigenvalue weighted by Crippen LogP contribution is -2.13. The van der Waals surface area contributed by atoms with Crippen LogP contribution in [0.2, 0.25) is 0 Å². The third kappa shape index (κ3) is 3.11. The number of aryl methyl sites for hydroxylation is 1. The van der Waals surface area contributed by atoms with Gasteiger partial charge in [0.2, 0.25) is 0 Å². The van der Waals surface area contributed by atoms with Crippen LogP contribution in [0.1, 0.15) is 12.5 Å². The fraction of sp³-hybridized carbons (Fsp3) is 0.333. The van der Waals surface area contributed by atoms with Crippen LogP contribution in [0.3, 0.4) is 0 Å². The Balaban J connectivity index is 2.58. The highest BCUT2D eigenvalue weighted by Crippen LogP contribution is 2.06. The zero-order chi connectivity index (χ0) is 9.68. The Labute approximate surface area is 76.9 Å². The van der Waals surface area contributed by atoms with Gasteiger partial charge in [0, 0.05) is 6.20 Å². The van der Waals surface area contributed by atoms with Gasteiger partial charge in [0.25, 0.3) is 0 Å². The number of anilines is 1. The fourth-order valence-corrected chi connectivity index (χ4v) is 0.908. The van der Waals surface area contributed by atoms with E-state index in [0.29, 0.717) is 12.3 Å². The zero-order valence-corrected chi connectivity index (χ0v) is 7.70. The van der Waals surface area contributed by atoms with Crippen LogP contribution in [0.25, 0.3) is 0 Å². The second-order valence-electron chi connectivity index (χ2n) is 2.60. The molecule has 0 aliphatic rings. The summed E-state index contributed by atoms with van der Waals surface area (Å²) in [4.78, 5) is 14.9. The molecule has 4 heteroatoms. The second-order valence-corrected chi connectivity index (χ2v) is 2.60. The van der Waals surface area contributed by atoms with Crippen LogP contribution in [0.5, 0.6) is 0 Å². The highest BCUT2D eigenvalue weighted by Gasteiger charge is 2.00. The number of carbonyl (C=O) groups excluding carboxylic acids is 1. The molecule has 70 valence electrons. The number of carbonyl (C=O) groups is 1. The van der Waals surface area contributed by atoms with E-state index in [1.807, 2.05) is 13.0 Å². The smallest absolute Gasteiger partial charge is 0.411 e. The third-order valence-electron chi connectivity index (χ3n) is 1.40. The van der Waals surface area contributed by atoms with Crippen molar-refractivity contribution in [3.63, 3.8) is 0 Å². The van der Waals surface area contributed by atoms with Crippen molar-refractivity contribution in [2.45, 2.75) is 13.8 Å². The average Bonchev–Trinajstić information content (AvgIpc) is 2.04. The predicted octanol–water partition coefficient (Wildman–Crippen LogP) is 1.96. The zero-order valence-electron chi connectivity index (χ0n) is 7.70. The highest BCUT2D eigenvalue weighted by molar-refractivity contribution is 5.84. The van der Waals surface area contributed by atoms with Crippen LogP contribution < -0.4 is 5.32 Å². The van der Waals surface area contributed by atoms with Crippen molar-refractivity contribution in [1.29, 1.82) is 0 Å². The van der Waals surface area contributed by atoms with Gasteiger partial charge in [-0.05, 0) is 25.5 Å². The number of hydrogen-bond acceptors (Lipinski definition) is 3. The topological polar surface area (TPSA) is 51.2 Å². The minimum absolute atomic E-state index is 0.366. The largest absolute Gasteiger partial charge is 0.450 e. The van der Waals surface area contributed by atoms with Gasteiger partial charge in [0.05, 0.1) is 18.5 Å². The monoisotopic (exact) mass is 180 g/mol. The molecule has 13 heavy (non-hydrogen) atoms. The summed E-state index contributed by atoms with van der Waals surface area (Å²) in [5, 5.41) is 2.56. The molecule has 0 saturated heterocycles. The van der Waals surface area contributed by atoms with Gasteiger partial charge in [-0.3, -0.25) is 10.3 Å². The molecule has 0 aromatic carbocycles. The molecule has 1 amide bonds. The van der Waals surface area contributed by atoms with Crippen molar-refractivity contribution < 1.29 is 9.53 Å². The number of pyridine rings is 1. The molecule has 0 fully saturated rings. The van der Waals surface area contributed by atoms with E-state index in [4.69, 9.17) is 4.74 Å². The third-order valence-corrected chi connectivity index (χ3v) is 1.40. The van der Waals surface area contributed by atoms with Gasteiger partial charge in [-0.25, -0.2) is 4.79 Å². The molecule has 0 bridgehead atoms. The Kier molecular flexibility index (Phi) is 3.25. The summed E-state index contributed by atoms with van der Waals surface area (Å²) < 4.78 is 4.71. The number of amides is 1. The van der Waals surface area contributed by atoms with E-state index in [-0.39, 0.29) is 0 Å². The van der Waals surface area contributed by atoms with Crippen LogP contribution in [-0.2, 0) is 4.74 Å². The normalized spacial score (nSPS) is 9.38. The molecule has 0 atom stereocenters. The minimum atomic E-state index is -0.449. The molecule has 0 unspecified atom stereocenters. The van der Waals surface area contributed by atoms with Gasteiger partial charge in [-0.15, -0.1) is 0 Å². The summed E-state index contributed by atoms with van der Waals surface area (Å²) in [6.45, 7) is 4.03. The van der Waals surface area contributed by atoms with Crippen molar-refractivity contribution in [3.8, 4) is 0 Å². The van der Waals surface area contributed by atoms with E-state index < -0.39 is 6.09 Å². The molecular formula is C9H12N2O2. The van der Waals surface area contributed by atoms with Crippen molar-refractivity contribution in [1.82, 2.24) is 4.98 Å². The summed E-state index contributed by atoms with van der Waals surface area (Å²) >= 11 is 0. The molecule has 0 aliphatic heterocycles. The number of aromatic nitrogens is 1. The van der Waals surface area contributed by atoms with Gasteiger partial charge < -0.3 is 4.74 Å². The van der Waals surface area contributed by atoms with Crippen LogP contribution in [0.15, 0.2) is 18.5 Å². The molecule has 0 radical (unpaired) electrons. The first-order valence-electron chi connectivity index (χ1n) is 4.08. The van der Waals surface area contributed by atoms with E-state index in [2.05, 4.69) is 10.3 Å². The van der Waals surface area contributed by atoms with Crippen LogP contribution in [-0.4, -0.2) is 17.7 Å². The first kappa shape index (κ1) is 9.51. The minimum Gasteiger partial charge on any atom is -0.450 e. The van der Waals surface area contributed by atoms with Crippen molar-refractivity contribution in [2.24, 2.45) is 0 Å². The van der Waals surface area contributed by atoms with Crippen LogP contribution >= 0.6 is 0 Å². The molecule has 4 nitrogen and oxygen atoms in total. The quantitative estimate of drug-likeness (QED) is 0.756. The van der Waals surface area contributed by atoms with Crippen molar-refractivity contribution >= 4 is 11.8 Å². The van der Waals surface area contributed by atoms with E-state index in [0.717, 1.165) is 5.56 Å². The number of nitrogens with zero attached hydrogens (tertiary/aromatic N) is 1. The van der Waals surface area contributed by atoms with Gasteiger partial charge in [-0.2, -0.15) is 0 Å². The molecule has 1 heterocycles. The first-order valence-corrected chi connectivity index (χ1v) is 4.08. The molecule has 0 aliphatic carbocycles. The Hall–Kier alpha value is -1.58. The van der Waals surface area contributed by atoms with Gasteiger partial charge in [0.1, 0.15) is 0 Å². The Morgan fingerprint density at radius 2 is 2.38 bits per heavy atom. The Bertz CT molecular complexity index is 299. The van der Waals surface area contributed by atoms with E-state index >= 15 is 0 Å². The van der Waals surface area contributed by atoms with Gasteiger partial charge >= 0.3 is 6.09 Å². The number of hydrogen-bond donors (Lipinski definition) is 1. The maximum absolute atomic E-state index is 11.0. The predicted molar refractivity (Wildman–Crippen MR) is 49.6 cm³/mol. The maximum Gasteiger partial charge on any atom is 0.411 e. The maximum atomic E-state index is 11.0. The van der Waals surface area contributed by atoms with Crippen molar-refractivity contribution in [2.75, 3.05) is 11.9 Å². The SMILES string of the molecule is CCOC(=O)Nc1cncc(C)c1. The molecule has 0 saturated carbocycles. The number of nitrogens with one attached hydrogen (secondary N) is 1. The average molecular weight is 180 g/mol. The molecule has 1 rings (SSSR count). The lowest BCUT2D eigenvalue weighted by Gasteiger charge is -2.04. The summed E-state index contributed by atoms with van der Waals surface area (Å²) in [5.41, 5.74) is 1.65. The van der Waals surface area contributed by atoms with Crippen LogP contribution in [0.4, 0.5) is 10.5 Å². The summed E-state index contributed by atoms with van der Waals surface area (Å²) in [6, 6.07) is 1.82. The van der Waals surface area contributed by atoms with Gasteiger partial charge in [-0.1, -0.05) is 0 Å². The van der Waals surface area contributed by atoms with Crippen molar-refractivity contribution in [3.05, 3.63) is 24.0 Å². The Morgan fingerprint density at radius 1 is 1.62 bits per heavy atom. The Morgan fingerprint density at radius 3 is 3.00 bits per heavy atom. The van der Waals surface area contributed by atoms with Crippen LogP contribution in [0, 0.1) is 6.92 Å². The summed E-state index contributed by atoms with van der Waals surface area (Å²) in [7, 11) is 0. The first-order chi connectivity index (χ1) is 6.22. The molecular weight excluding hydrogens is 168 g/mol. The number of ether oxygens (including phenoxy) is 1. The summed E-state index contributed by atoms with van der Waals surface area (Å²) in [6.07, 6.45) is 2.84. The molecule has 0 spiro atoms. The standard InChI is InChI=1S/C9H12N2O2/c1-3-13-9(12)11-8-4-7(2)5-10-6-8/h4-6H,3H2,1-2H3,(H,11,12). The highest BCUT2D eigenvalue weighted by atomic mass is 16.5. The second kappa shape index (κ2) is 4.45. The fourth-order valence-electron chi connectivity index (χ4n) is 0.908.